The first kappa shape index (κ1) is 12.7. The molecule has 2 rings (SSSR count). The van der Waals surface area contributed by atoms with E-state index in [1.807, 2.05) is 24.0 Å². The van der Waals surface area contributed by atoms with Crippen molar-refractivity contribution in [3.05, 3.63) is 18.3 Å². The maximum absolute atomic E-state index is 11.8. The largest absolute Gasteiger partial charge is 0.495 e. The second-order valence-corrected chi connectivity index (χ2v) is 4.16. The fourth-order valence-corrected chi connectivity index (χ4v) is 2.19. The second kappa shape index (κ2) is 5.71. The van der Waals surface area contributed by atoms with Gasteiger partial charge in [-0.3, -0.25) is 0 Å². The zero-order valence-corrected chi connectivity index (χ0v) is 10.8. The highest BCUT2D eigenvalue weighted by Crippen LogP contribution is 2.25. The van der Waals surface area contributed by atoms with E-state index in [9.17, 15) is 4.79 Å². The molecule has 2 heterocycles. The third-order valence-corrected chi connectivity index (χ3v) is 3.06. The van der Waals surface area contributed by atoms with Gasteiger partial charge in [0.05, 0.1) is 19.9 Å². The van der Waals surface area contributed by atoms with Crippen molar-refractivity contribution in [2.24, 2.45) is 0 Å². The molecule has 1 aromatic heterocycles. The molecule has 0 radical (unpaired) electrons. The van der Waals surface area contributed by atoms with E-state index in [0.717, 1.165) is 25.2 Å². The van der Waals surface area contributed by atoms with Crippen molar-refractivity contribution >= 4 is 11.8 Å². The summed E-state index contributed by atoms with van der Waals surface area (Å²) in [6.07, 6.45) is 3.47. The fraction of sp³-hybridized carbons (Fsp3) is 0.538. The van der Waals surface area contributed by atoms with Gasteiger partial charge in [0, 0.05) is 6.54 Å². The number of hydrogen-bond donors (Lipinski definition) is 0. The van der Waals surface area contributed by atoms with Crippen molar-refractivity contribution in [2.45, 2.75) is 25.8 Å². The average molecular weight is 250 g/mol. The van der Waals surface area contributed by atoms with E-state index in [-0.39, 0.29) is 12.0 Å². The molecule has 0 aliphatic carbocycles. The summed E-state index contributed by atoms with van der Waals surface area (Å²) in [6, 6.07) is 3.52. The predicted octanol–water partition coefficient (Wildman–Crippen LogP) is 1.62. The molecule has 1 aliphatic rings. The number of ether oxygens (including phenoxy) is 2. The minimum atomic E-state index is -0.203. The summed E-state index contributed by atoms with van der Waals surface area (Å²) in [4.78, 5) is 18.2. The Kier molecular flexibility index (Phi) is 4.02. The molecule has 5 nitrogen and oxygen atoms in total. The van der Waals surface area contributed by atoms with Crippen LogP contribution in [0.2, 0.25) is 0 Å². The molecule has 1 aromatic rings. The Hall–Kier alpha value is -1.78. The van der Waals surface area contributed by atoms with Gasteiger partial charge in [0.25, 0.3) is 0 Å². The molecule has 0 aromatic carbocycles. The molecule has 0 N–H and O–H groups in total. The number of anilines is 1. The maximum Gasteiger partial charge on any atom is 0.328 e. The zero-order valence-electron chi connectivity index (χ0n) is 10.8. The Morgan fingerprint density at radius 2 is 2.39 bits per heavy atom. The average Bonchev–Trinajstić information content (AvgIpc) is 2.88. The quantitative estimate of drug-likeness (QED) is 0.760. The lowest BCUT2D eigenvalue weighted by Crippen LogP contribution is -2.37. The molecule has 0 saturated carbocycles. The van der Waals surface area contributed by atoms with Gasteiger partial charge in [-0.15, -0.1) is 0 Å². The van der Waals surface area contributed by atoms with Crippen LogP contribution in [0.25, 0.3) is 0 Å². The molecule has 0 spiro atoms. The van der Waals surface area contributed by atoms with Crippen LogP contribution in [0.5, 0.6) is 5.75 Å². The van der Waals surface area contributed by atoms with Gasteiger partial charge in [-0.1, -0.05) is 0 Å². The SMILES string of the molecule is CCOC(=O)C1CCCN1c1ccc(OC)cn1. The number of esters is 1. The van der Waals surface area contributed by atoms with Crippen LogP contribution in [0.3, 0.4) is 0 Å². The monoisotopic (exact) mass is 250 g/mol. The lowest BCUT2D eigenvalue weighted by molar-refractivity contribution is -0.144. The summed E-state index contributed by atoms with van der Waals surface area (Å²) < 4.78 is 10.2. The smallest absolute Gasteiger partial charge is 0.328 e. The lowest BCUT2D eigenvalue weighted by atomic mass is 10.2. The second-order valence-electron chi connectivity index (χ2n) is 4.16. The molecule has 0 amide bonds. The lowest BCUT2D eigenvalue weighted by Gasteiger charge is -2.24. The molecule has 1 fully saturated rings. The van der Waals surface area contributed by atoms with Gasteiger partial charge in [0.1, 0.15) is 17.6 Å². The van der Waals surface area contributed by atoms with Gasteiger partial charge in [0.15, 0.2) is 0 Å². The number of carbonyl (C=O) groups excluding carboxylic acids is 1. The van der Waals surface area contributed by atoms with E-state index in [4.69, 9.17) is 9.47 Å². The van der Waals surface area contributed by atoms with Crippen molar-refractivity contribution in [2.75, 3.05) is 25.2 Å². The molecule has 0 bridgehead atoms. The zero-order chi connectivity index (χ0) is 13.0. The third kappa shape index (κ3) is 2.55. The molecule has 1 atom stereocenters. The van der Waals surface area contributed by atoms with E-state index in [1.165, 1.54) is 0 Å². The molecule has 5 heteroatoms. The van der Waals surface area contributed by atoms with E-state index in [1.54, 1.807) is 13.3 Å². The summed E-state index contributed by atoms with van der Waals surface area (Å²) in [7, 11) is 1.61. The summed E-state index contributed by atoms with van der Waals surface area (Å²) in [6.45, 7) is 3.07. The Morgan fingerprint density at radius 3 is 3.00 bits per heavy atom. The molecule has 18 heavy (non-hydrogen) atoms. The normalized spacial score (nSPS) is 18.8. The minimum Gasteiger partial charge on any atom is -0.495 e. The van der Waals surface area contributed by atoms with E-state index in [2.05, 4.69) is 4.98 Å². The van der Waals surface area contributed by atoms with Crippen molar-refractivity contribution in [3.63, 3.8) is 0 Å². The molecule has 1 unspecified atom stereocenters. The van der Waals surface area contributed by atoms with Gasteiger partial charge < -0.3 is 14.4 Å². The number of hydrogen-bond acceptors (Lipinski definition) is 5. The van der Waals surface area contributed by atoms with Crippen LogP contribution in [-0.2, 0) is 9.53 Å². The summed E-state index contributed by atoms with van der Waals surface area (Å²) in [5.74, 6) is 1.35. The van der Waals surface area contributed by atoms with Crippen LogP contribution in [0, 0.1) is 0 Å². The van der Waals surface area contributed by atoms with Crippen LogP contribution in [0.1, 0.15) is 19.8 Å². The third-order valence-electron chi connectivity index (χ3n) is 3.06. The summed E-state index contributed by atoms with van der Waals surface area (Å²) >= 11 is 0. The van der Waals surface area contributed by atoms with Crippen molar-refractivity contribution in [1.82, 2.24) is 4.98 Å². The topological polar surface area (TPSA) is 51.7 Å². The highest BCUT2D eigenvalue weighted by Gasteiger charge is 2.32. The first-order chi connectivity index (χ1) is 8.76. The maximum atomic E-state index is 11.8. The van der Waals surface area contributed by atoms with Crippen molar-refractivity contribution < 1.29 is 14.3 Å². The number of methoxy groups -OCH3 is 1. The molecular formula is C13H18N2O3. The number of pyridine rings is 1. The van der Waals surface area contributed by atoms with Gasteiger partial charge in [0.2, 0.25) is 0 Å². The Morgan fingerprint density at radius 1 is 1.56 bits per heavy atom. The molecule has 1 saturated heterocycles. The van der Waals surface area contributed by atoms with Crippen LogP contribution >= 0.6 is 0 Å². The van der Waals surface area contributed by atoms with Crippen LogP contribution in [-0.4, -0.2) is 37.3 Å². The van der Waals surface area contributed by atoms with E-state index >= 15 is 0 Å². The van der Waals surface area contributed by atoms with E-state index in [0.29, 0.717) is 12.4 Å². The van der Waals surface area contributed by atoms with Gasteiger partial charge in [-0.2, -0.15) is 0 Å². The minimum absolute atomic E-state index is 0.160. The summed E-state index contributed by atoms with van der Waals surface area (Å²) in [5.41, 5.74) is 0. The molecular weight excluding hydrogens is 232 g/mol. The Balaban J connectivity index is 2.12. The molecule has 1 aliphatic heterocycles. The predicted molar refractivity (Wildman–Crippen MR) is 67.8 cm³/mol. The summed E-state index contributed by atoms with van der Waals surface area (Å²) in [5, 5.41) is 0. The number of nitrogens with zero attached hydrogens (tertiary/aromatic N) is 2. The fourth-order valence-electron chi connectivity index (χ4n) is 2.19. The van der Waals surface area contributed by atoms with E-state index < -0.39 is 0 Å². The van der Waals surface area contributed by atoms with Crippen LogP contribution in [0.4, 0.5) is 5.82 Å². The Bertz CT molecular complexity index is 405. The van der Waals surface area contributed by atoms with Crippen molar-refractivity contribution in [3.8, 4) is 5.75 Å². The van der Waals surface area contributed by atoms with Crippen LogP contribution in [0.15, 0.2) is 18.3 Å². The number of aromatic nitrogens is 1. The Labute approximate surface area is 107 Å². The highest BCUT2D eigenvalue weighted by molar-refractivity contribution is 5.80. The van der Waals surface area contributed by atoms with Gasteiger partial charge >= 0.3 is 5.97 Å². The highest BCUT2D eigenvalue weighted by atomic mass is 16.5. The first-order valence-electron chi connectivity index (χ1n) is 6.19. The van der Waals surface area contributed by atoms with Crippen LogP contribution < -0.4 is 9.64 Å². The van der Waals surface area contributed by atoms with Gasteiger partial charge in [-0.05, 0) is 31.9 Å². The molecule has 98 valence electrons. The first-order valence-corrected chi connectivity index (χ1v) is 6.19. The van der Waals surface area contributed by atoms with Crippen molar-refractivity contribution in [1.29, 1.82) is 0 Å². The van der Waals surface area contributed by atoms with Gasteiger partial charge in [-0.25, -0.2) is 9.78 Å². The standard InChI is InChI=1S/C13H18N2O3/c1-3-18-13(16)11-5-4-8-15(11)12-7-6-10(17-2)9-14-12/h6-7,9,11H,3-5,8H2,1-2H3. The number of carbonyl (C=O) groups is 1. The number of rotatable bonds is 4.